The van der Waals surface area contributed by atoms with Gasteiger partial charge in [0.25, 0.3) is 0 Å². The summed E-state index contributed by atoms with van der Waals surface area (Å²) in [5, 5.41) is 5.45. The van der Waals surface area contributed by atoms with E-state index in [0.717, 1.165) is 16.6 Å². The van der Waals surface area contributed by atoms with Crippen molar-refractivity contribution in [3.8, 4) is 5.69 Å². The Morgan fingerprint density at radius 1 is 1.11 bits per heavy atom. The fraction of sp³-hybridized carbons (Fsp3) is 0. The molecule has 0 bridgehead atoms. The van der Waals surface area contributed by atoms with Crippen molar-refractivity contribution in [2.75, 3.05) is 0 Å². The van der Waals surface area contributed by atoms with Crippen LogP contribution in [0, 0.1) is 0 Å². The van der Waals surface area contributed by atoms with Gasteiger partial charge in [0, 0.05) is 5.39 Å². The zero-order chi connectivity index (χ0) is 12.5. The van der Waals surface area contributed by atoms with Crippen molar-refractivity contribution in [1.82, 2.24) is 14.8 Å². The maximum atomic E-state index is 5.52. The molecule has 0 radical (unpaired) electrons. The van der Waals surface area contributed by atoms with Gasteiger partial charge in [0.2, 0.25) is 0 Å². The first-order valence-corrected chi connectivity index (χ1v) is 5.85. The molecule has 5 heteroatoms. The highest BCUT2D eigenvalue weighted by molar-refractivity contribution is 7.80. The standard InChI is InChI=1S/C13H10N4S/c14-13(18)11-6-5-10(8-15-11)17-12-4-2-1-3-9(12)7-16-17/h1-8H,(H2,14,18). The molecule has 3 aromatic rings. The number of pyridine rings is 1. The van der Waals surface area contributed by atoms with E-state index in [2.05, 4.69) is 10.1 Å². The van der Waals surface area contributed by atoms with E-state index in [9.17, 15) is 0 Å². The molecule has 0 aliphatic heterocycles. The minimum absolute atomic E-state index is 0.298. The van der Waals surface area contributed by atoms with Gasteiger partial charge in [-0.1, -0.05) is 30.4 Å². The molecule has 0 fully saturated rings. The van der Waals surface area contributed by atoms with Crippen LogP contribution in [0.1, 0.15) is 5.69 Å². The first kappa shape index (κ1) is 10.9. The van der Waals surface area contributed by atoms with Crippen molar-refractivity contribution in [3.05, 3.63) is 54.5 Å². The molecule has 0 amide bonds. The molecule has 0 atom stereocenters. The van der Waals surface area contributed by atoms with E-state index in [1.807, 2.05) is 41.2 Å². The topological polar surface area (TPSA) is 56.7 Å². The largest absolute Gasteiger partial charge is 0.388 e. The van der Waals surface area contributed by atoms with Crippen LogP contribution in [0.4, 0.5) is 0 Å². The van der Waals surface area contributed by atoms with Crippen molar-refractivity contribution in [2.45, 2.75) is 0 Å². The highest BCUT2D eigenvalue weighted by Gasteiger charge is 2.05. The van der Waals surface area contributed by atoms with E-state index in [-0.39, 0.29) is 0 Å². The number of aromatic nitrogens is 3. The Bertz CT molecular complexity index is 715. The number of rotatable bonds is 2. The lowest BCUT2D eigenvalue weighted by Crippen LogP contribution is -2.11. The Balaban J connectivity index is 2.12. The van der Waals surface area contributed by atoms with Crippen LogP contribution < -0.4 is 5.73 Å². The predicted molar refractivity (Wildman–Crippen MR) is 74.8 cm³/mol. The quantitative estimate of drug-likeness (QED) is 0.711. The molecule has 2 heterocycles. The summed E-state index contributed by atoms with van der Waals surface area (Å²) in [6.07, 6.45) is 3.55. The average molecular weight is 254 g/mol. The molecule has 0 saturated carbocycles. The van der Waals surface area contributed by atoms with Gasteiger partial charge in [-0.05, 0) is 18.2 Å². The monoisotopic (exact) mass is 254 g/mol. The zero-order valence-electron chi connectivity index (χ0n) is 9.45. The third-order valence-corrected chi connectivity index (χ3v) is 2.93. The van der Waals surface area contributed by atoms with Crippen LogP contribution in [0.5, 0.6) is 0 Å². The molecule has 4 nitrogen and oxygen atoms in total. The van der Waals surface area contributed by atoms with Crippen LogP contribution >= 0.6 is 12.2 Å². The van der Waals surface area contributed by atoms with Gasteiger partial charge in [-0.15, -0.1) is 0 Å². The van der Waals surface area contributed by atoms with E-state index < -0.39 is 0 Å². The fourth-order valence-corrected chi connectivity index (χ4v) is 1.96. The summed E-state index contributed by atoms with van der Waals surface area (Å²) in [5.41, 5.74) is 8.06. The van der Waals surface area contributed by atoms with Crippen LogP contribution in [0.15, 0.2) is 48.8 Å². The second-order valence-corrected chi connectivity index (χ2v) is 4.32. The molecule has 18 heavy (non-hydrogen) atoms. The van der Waals surface area contributed by atoms with Gasteiger partial charge in [-0.3, -0.25) is 4.98 Å². The smallest absolute Gasteiger partial charge is 0.122 e. The number of benzene rings is 1. The lowest BCUT2D eigenvalue weighted by molar-refractivity contribution is 0.902. The summed E-state index contributed by atoms with van der Waals surface area (Å²) in [5.74, 6) is 0. The molecule has 1 aromatic carbocycles. The molecule has 2 N–H and O–H groups in total. The molecule has 0 aliphatic carbocycles. The second kappa shape index (κ2) is 4.19. The number of fused-ring (bicyclic) bond motifs is 1. The minimum atomic E-state index is 0.298. The molecule has 88 valence electrons. The van der Waals surface area contributed by atoms with E-state index in [1.165, 1.54) is 0 Å². The Morgan fingerprint density at radius 3 is 2.67 bits per heavy atom. The van der Waals surface area contributed by atoms with Crippen molar-refractivity contribution < 1.29 is 0 Å². The third kappa shape index (κ3) is 1.74. The molecule has 3 rings (SSSR count). The number of hydrogen-bond donors (Lipinski definition) is 1. The normalized spacial score (nSPS) is 10.7. The Morgan fingerprint density at radius 2 is 1.94 bits per heavy atom. The molecular formula is C13H10N4S. The van der Waals surface area contributed by atoms with Crippen molar-refractivity contribution in [3.63, 3.8) is 0 Å². The average Bonchev–Trinajstić information content (AvgIpc) is 2.82. The minimum Gasteiger partial charge on any atom is -0.388 e. The van der Waals surface area contributed by atoms with Crippen LogP contribution in [0.2, 0.25) is 0 Å². The number of nitrogens with zero attached hydrogens (tertiary/aromatic N) is 3. The van der Waals surface area contributed by atoms with E-state index in [0.29, 0.717) is 10.7 Å². The predicted octanol–water partition coefficient (Wildman–Crippen LogP) is 2.05. The van der Waals surface area contributed by atoms with Gasteiger partial charge < -0.3 is 5.73 Å². The van der Waals surface area contributed by atoms with E-state index in [4.69, 9.17) is 18.0 Å². The highest BCUT2D eigenvalue weighted by Crippen LogP contribution is 2.17. The molecule has 0 saturated heterocycles. The Kier molecular flexibility index (Phi) is 2.53. The summed E-state index contributed by atoms with van der Waals surface area (Å²) in [4.78, 5) is 4.51. The van der Waals surface area contributed by atoms with Crippen LogP contribution in [-0.2, 0) is 0 Å². The summed E-state index contributed by atoms with van der Waals surface area (Å²) < 4.78 is 1.84. The van der Waals surface area contributed by atoms with Gasteiger partial charge in [-0.2, -0.15) is 5.10 Å². The summed E-state index contributed by atoms with van der Waals surface area (Å²) in [7, 11) is 0. The van der Waals surface area contributed by atoms with Gasteiger partial charge >= 0.3 is 0 Å². The van der Waals surface area contributed by atoms with Crippen molar-refractivity contribution in [1.29, 1.82) is 0 Å². The SMILES string of the molecule is NC(=S)c1ccc(-n2ncc3ccccc32)cn1. The fourth-order valence-electron chi connectivity index (χ4n) is 1.83. The molecular weight excluding hydrogens is 244 g/mol. The van der Waals surface area contributed by atoms with Crippen molar-refractivity contribution in [2.24, 2.45) is 5.73 Å². The maximum Gasteiger partial charge on any atom is 0.122 e. The van der Waals surface area contributed by atoms with Gasteiger partial charge in [0.1, 0.15) is 4.99 Å². The number of nitrogens with two attached hydrogens (primary N) is 1. The second-order valence-electron chi connectivity index (χ2n) is 3.88. The number of para-hydroxylation sites is 1. The highest BCUT2D eigenvalue weighted by atomic mass is 32.1. The lowest BCUT2D eigenvalue weighted by Gasteiger charge is -2.04. The molecule has 2 aromatic heterocycles. The van der Waals surface area contributed by atoms with Gasteiger partial charge in [0.05, 0.1) is 29.3 Å². The van der Waals surface area contributed by atoms with Crippen molar-refractivity contribution >= 4 is 28.1 Å². The van der Waals surface area contributed by atoms with E-state index in [1.54, 1.807) is 12.3 Å². The number of hydrogen-bond acceptors (Lipinski definition) is 3. The van der Waals surface area contributed by atoms with Crippen LogP contribution in [-0.4, -0.2) is 19.8 Å². The first-order chi connectivity index (χ1) is 8.75. The Hall–Kier alpha value is -2.27. The van der Waals surface area contributed by atoms with Gasteiger partial charge in [0.15, 0.2) is 0 Å². The van der Waals surface area contributed by atoms with Crippen LogP contribution in [0.25, 0.3) is 16.6 Å². The van der Waals surface area contributed by atoms with Gasteiger partial charge in [-0.25, -0.2) is 4.68 Å². The lowest BCUT2D eigenvalue weighted by atomic mass is 10.2. The maximum absolute atomic E-state index is 5.52. The summed E-state index contributed by atoms with van der Waals surface area (Å²) in [6, 6.07) is 11.7. The summed E-state index contributed by atoms with van der Waals surface area (Å²) in [6.45, 7) is 0. The molecule has 0 aliphatic rings. The number of thiocarbonyl (C=S) groups is 1. The summed E-state index contributed by atoms with van der Waals surface area (Å²) >= 11 is 4.88. The molecule has 0 spiro atoms. The molecule has 0 unspecified atom stereocenters. The van der Waals surface area contributed by atoms with E-state index >= 15 is 0 Å². The Labute approximate surface area is 109 Å². The van der Waals surface area contributed by atoms with Crippen LogP contribution in [0.3, 0.4) is 0 Å². The third-order valence-electron chi connectivity index (χ3n) is 2.72. The zero-order valence-corrected chi connectivity index (χ0v) is 10.3. The first-order valence-electron chi connectivity index (χ1n) is 5.45.